The molecule has 1 saturated heterocycles. The molecule has 0 bridgehead atoms. The highest BCUT2D eigenvalue weighted by molar-refractivity contribution is 7.89. The number of likely N-dealkylation sites (N-methyl/N-ethyl adjacent to an activating group) is 1. The monoisotopic (exact) mass is 277 g/mol. The van der Waals surface area contributed by atoms with Gasteiger partial charge >= 0.3 is 0 Å². The van der Waals surface area contributed by atoms with Gasteiger partial charge in [-0.3, -0.25) is 9.69 Å². The molecule has 1 heterocycles. The molecule has 106 valence electrons. The van der Waals surface area contributed by atoms with Crippen molar-refractivity contribution in [3.63, 3.8) is 0 Å². The van der Waals surface area contributed by atoms with Gasteiger partial charge in [0.2, 0.25) is 15.9 Å². The van der Waals surface area contributed by atoms with Crippen LogP contribution >= 0.6 is 0 Å². The van der Waals surface area contributed by atoms with Crippen molar-refractivity contribution in [1.82, 2.24) is 14.9 Å². The summed E-state index contributed by atoms with van der Waals surface area (Å²) in [6.07, 6.45) is 2.16. The highest BCUT2D eigenvalue weighted by Gasteiger charge is 2.23. The number of nitrogens with zero attached hydrogens (tertiary/aromatic N) is 1. The second kappa shape index (κ2) is 7.06. The molecule has 0 aromatic heterocycles. The van der Waals surface area contributed by atoms with E-state index in [1.807, 2.05) is 11.8 Å². The van der Waals surface area contributed by atoms with Crippen molar-refractivity contribution in [2.24, 2.45) is 0 Å². The molecular formula is C11H23N3O3S. The number of hydrogen-bond donors (Lipinski definition) is 2. The van der Waals surface area contributed by atoms with Crippen molar-refractivity contribution < 1.29 is 13.2 Å². The van der Waals surface area contributed by atoms with Crippen LogP contribution in [0.1, 0.15) is 26.2 Å². The van der Waals surface area contributed by atoms with Crippen LogP contribution in [0.3, 0.4) is 0 Å². The van der Waals surface area contributed by atoms with E-state index >= 15 is 0 Å². The molecule has 0 radical (unpaired) electrons. The summed E-state index contributed by atoms with van der Waals surface area (Å²) in [5.74, 6) is 0.186. The van der Waals surface area contributed by atoms with E-state index in [0.29, 0.717) is 13.0 Å². The van der Waals surface area contributed by atoms with E-state index in [-0.39, 0.29) is 17.7 Å². The van der Waals surface area contributed by atoms with Crippen molar-refractivity contribution in [1.29, 1.82) is 0 Å². The molecule has 1 amide bonds. The third kappa shape index (κ3) is 5.32. The minimum Gasteiger partial charge on any atom is -0.358 e. The average Bonchev–Trinajstić information content (AvgIpc) is 2.31. The van der Waals surface area contributed by atoms with Crippen LogP contribution in [0.2, 0.25) is 0 Å². The zero-order valence-corrected chi connectivity index (χ0v) is 11.9. The molecule has 6 nitrogen and oxygen atoms in total. The summed E-state index contributed by atoms with van der Waals surface area (Å²) in [5, 5.41) is 2.59. The number of carbonyl (C=O) groups is 1. The summed E-state index contributed by atoms with van der Waals surface area (Å²) < 4.78 is 26.0. The number of sulfonamides is 1. The van der Waals surface area contributed by atoms with Crippen molar-refractivity contribution in [3.8, 4) is 0 Å². The molecule has 0 aromatic rings. The molecule has 0 aliphatic carbocycles. The SMILES string of the molecule is CCCS(=O)(=O)NC1CCN(CC(=O)NC)CC1. The minimum absolute atomic E-state index is 0.0000127. The van der Waals surface area contributed by atoms with Crippen molar-refractivity contribution in [3.05, 3.63) is 0 Å². The lowest BCUT2D eigenvalue weighted by molar-refractivity contribution is -0.122. The van der Waals surface area contributed by atoms with Gasteiger partial charge in [-0.25, -0.2) is 13.1 Å². The predicted molar refractivity (Wildman–Crippen MR) is 70.7 cm³/mol. The maximum atomic E-state index is 11.6. The number of likely N-dealkylation sites (tertiary alicyclic amines) is 1. The molecule has 2 N–H and O–H groups in total. The standard InChI is InChI=1S/C11H23N3O3S/c1-3-8-18(16,17)13-10-4-6-14(7-5-10)9-11(15)12-2/h10,13H,3-9H2,1-2H3,(H,12,15). The molecule has 0 aromatic carbocycles. The maximum absolute atomic E-state index is 11.6. The van der Waals surface area contributed by atoms with Crippen LogP contribution in [0, 0.1) is 0 Å². The highest BCUT2D eigenvalue weighted by atomic mass is 32.2. The number of amides is 1. The van der Waals surface area contributed by atoms with Gasteiger partial charge in [-0.2, -0.15) is 0 Å². The Balaban J connectivity index is 2.33. The molecule has 0 atom stereocenters. The summed E-state index contributed by atoms with van der Waals surface area (Å²) in [6.45, 7) is 3.76. The molecule has 1 aliphatic rings. The summed E-state index contributed by atoms with van der Waals surface area (Å²) in [7, 11) is -1.51. The summed E-state index contributed by atoms with van der Waals surface area (Å²) in [5.41, 5.74) is 0. The topological polar surface area (TPSA) is 78.5 Å². The van der Waals surface area contributed by atoms with Gasteiger partial charge in [0, 0.05) is 26.2 Å². The fourth-order valence-corrected chi connectivity index (χ4v) is 3.47. The van der Waals surface area contributed by atoms with Gasteiger partial charge in [0.05, 0.1) is 12.3 Å². The molecule has 1 fully saturated rings. The van der Waals surface area contributed by atoms with E-state index in [1.165, 1.54) is 0 Å². The molecule has 1 rings (SSSR count). The Labute approximate surface area is 109 Å². The third-order valence-electron chi connectivity index (χ3n) is 3.05. The lowest BCUT2D eigenvalue weighted by atomic mass is 10.1. The summed E-state index contributed by atoms with van der Waals surface area (Å²) in [6, 6.07) is 0.0162. The molecule has 0 saturated carbocycles. The molecular weight excluding hydrogens is 254 g/mol. The highest BCUT2D eigenvalue weighted by Crippen LogP contribution is 2.11. The van der Waals surface area contributed by atoms with E-state index in [9.17, 15) is 13.2 Å². The van der Waals surface area contributed by atoms with Gasteiger partial charge in [-0.15, -0.1) is 0 Å². The Morgan fingerprint density at radius 1 is 1.33 bits per heavy atom. The van der Waals surface area contributed by atoms with Gasteiger partial charge in [-0.05, 0) is 19.3 Å². The third-order valence-corrected chi connectivity index (χ3v) is 4.69. The summed E-state index contributed by atoms with van der Waals surface area (Å²) in [4.78, 5) is 13.3. The Hall–Kier alpha value is -0.660. The molecule has 18 heavy (non-hydrogen) atoms. The lowest BCUT2D eigenvalue weighted by Gasteiger charge is -2.31. The van der Waals surface area contributed by atoms with E-state index in [0.717, 1.165) is 25.9 Å². The van der Waals surface area contributed by atoms with Crippen LogP contribution in [0.4, 0.5) is 0 Å². The smallest absolute Gasteiger partial charge is 0.233 e. The average molecular weight is 277 g/mol. The van der Waals surface area contributed by atoms with Crippen LogP contribution in [0.5, 0.6) is 0 Å². The van der Waals surface area contributed by atoms with Crippen molar-refractivity contribution >= 4 is 15.9 Å². The summed E-state index contributed by atoms with van der Waals surface area (Å²) >= 11 is 0. The second-order valence-corrected chi connectivity index (χ2v) is 6.53. The van der Waals surface area contributed by atoms with Crippen LogP contribution in [0.15, 0.2) is 0 Å². The second-order valence-electron chi connectivity index (χ2n) is 4.66. The van der Waals surface area contributed by atoms with Gasteiger partial charge in [0.15, 0.2) is 0 Å². The first kappa shape index (κ1) is 15.4. The molecule has 0 spiro atoms. The van der Waals surface area contributed by atoms with Crippen LogP contribution in [0.25, 0.3) is 0 Å². The fourth-order valence-electron chi connectivity index (χ4n) is 2.07. The number of rotatable bonds is 6. The largest absolute Gasteiger partial charge is 0.358 e. The zero-order chi connectivity index (χ0) is 13.6. The van der Waals surface area contributed by atoms with Crippen molar-refractivity contribution in [2.45, 2.75) is 32.2 Å². The number of carbonyl (C=O) groups excluding carboxylic acids is 1. The Bertz CT molecular complexity index is 362. The number of nitrogens with one attached hydrogen (secondary N) is 2. The Kier molecular flexibility index (Phi) is 6.04. The first-order chi connectivity index (χ1) is 8.46. The van der Waals surface area contributed by atoms with Crippen LogP contribution < -0.4 is 10.0 Å². The quantitative estimate of drug-likeness (QED) is 0.688. The van der Waals surface area contributed by atoms with Gasteiger partial charge in [0.1, 0.15) is 0 Å². The number of hydrogen-bond acceptors (Lipinski definition) is 4. The van der Waals surface area contributed by atoms with E-state index in [4.69, 9.17) is 0 Å². The van der Waals surface area contributed by atoms with E-state index in [1.54, 1.807) is 7.05 Å². The molecule has 1 aliphatic heterocycles. The Morgan fingerprint density at radius 3 is 2.44 bits per heavy atom. The van der Waals surface area contributed by atoms with Gasteiger partial charge in [-0.1, -0.05) is 6.92 Å². The first-order valence-electron chi connectivity index (χ1n) is 6.39. The fraction of sp³-hybridized carbons (Fsp3) is 0.909. The van der Waals surface area contributed by atoms with Crippen LogP contribution in [-0.2, 0) is 14.8 Å². The molecule has 0 unspecified atom stereocenters. The van der Waals surface area contributed by atoms with E-state index in [2.05, 4.69) is 10.0 Å². The minimum atomic E-state index is -3.12. The van der Waals surface area contributed by atoms with E-state index < -0.39 is 10.0 Å². The Morgan fingerprint density at radius 2 is 1.94 bits per heavy atom. The van der Waals surface area contributed by atoms with Crippen LogP contribution in [-0.4, -0.2) is 57.7 Å². The maximum Gasteiger partial charge on any atom is 0.233 e. The lowest BCUT2D eigenvalue weighted by Crippen LogP contribution is -2.47. The van der Waals surface area contributed by atoms with Gasteiger partial charge in [0.25, 0.3) is 0 Å². The predicted octanol–water partition coefficient (Wildman–Crippen LogP) is -0.474. The van der Waals surface area contributed by atoms with Crippen molar-refractivity contribution in [2.75, 3.05) is 32.4 Å². The normalized spacial score (nSPS) is 18.8. The van der Waals surface area contributed by atoms with Gasteiger partial charge < -0.3 is 5.32 Å². The molecule has 7 heteroatoms. The zero-order valence-electron chi connectivity index (χ0n) is 11.1. The first-order valence-corrected chi connectivity index (χ1v) is 8.05. The number of piperidine rings is 1.